The van der Waals surface area contributed by atoms with E-state index in [1.807, 2.05) is 13.3 Å². The normalized spacial score (nSPS) is 22.7. The monoisotopic (exact) mass is 180 g/mol. The number of hydrogen-bond acceptors (Lipinski definition) is 3. The summed E-state index contributed by atoms with van der Waals surface area (Å²) in [6, 6.07) is 0.282. The second kappa shape index (κ2) is 3.03. The highest BCUT2D eigenvalue weighted by Gasteiger charge is 2.18. The summed E-state index contributed by atoms with van der Waals surface area (Å²) in [6.45, 7) is 3.95. The molecule has 1 atom stereocenters. The van der Waals surface area contributed by atoms with E-state index in [1.54, 1.807) is 0 Å². The van der Waals surface area contributed by atoms with E-state index in [0.29, 0.717) is 0 Å². The van der Waals surface area contributed by atoms with E-state index in [9.17, 15) is 0 Å². The van der Waals surface area contributed by atoms with Crippen LogP contribution in [-0.4, -0.2) is 29.2 Å². The Balaban J connectivity index is 2.37. The molecule has 0 saturated heterocycles. The van der Waals surface area contributed by atoms with Crippen LogP contribution < -0.4 is 10.6 Å². The van der Waals surface area contributed by atoms with Crippen LogP contribution >= 0.6 is 0 Å². The predicted octanol–water partition coefficient (Wildman–Crippen LogP) is 0.359. The fourth-order valence-electron chi connectivity index (χ4n) is 1.97. The second-order valence-corrected chi connectivity index (χ2v) is 3.78. The molecule has 0 radical (unpaired) electrons. The molecule has 0 saturated carbocycles. The average molecular weight is 180 g/mol. The Bertz CT molecular complexity index is 305. The van der Waals surface area contributed by atoms with Gasteiger partial charge in [-0.1, -0.05) is 0 Å². The van der Waals surface area contributed by atoms with E-state index in [0.717, 1.165) is 25.2 Å². The van der Waals surface area contributed by atoms with Crippen LogP contribution in [0.2, 0.25) is 0 Å². The third kappa shape index (κ3) is 1.42. The molecule has 1 aromatic heterocycles. The number of nitrogens with two attached hydrogens (primary N) is 1. The van der Waals surface area contributed by atoms with Gasteiger partial charge in [0.15, 0.2) is 0 Å². The number of fused-ring (bicyclic) bond motifs is 1. The zero-order valence-corrected chi connectivity index (χ0v) is 8.20. The van der Waals surface area contributed by atoms with Crippen molar-refractivity contribution < 1.29 is 0 Å². The quantitative estimate of drug-likeness (QED) is 0.627. The van der Waals surface area contributed by atoms with Gasteiger partial charge in [0.25, 0.3) is 0 Å². The van der Waals surface area contributed by atoms with E-state index in [1.165, 1.54) is 5.82 Å². The molecule has 1 unspecified atom stereocenters. The smallest absolute Gasteiger partial charge is 0.131 e. The van der Waals surface area contributed by atoms with Crippen molar-refractivity contribution in [1.29, 1.82) is 0 Å². The van der Waals surface area contributed by atoms with Gasteiger partial charge in [0.2, 0.25) is 0 Å². The number of aryl methyl sites for hydroxylation is 2. The van der Waals surface area contributed by atoms with Gasteiger partial charge in [0.05, 0.1) is 12.0 Å². The van der Waals surface area contributed by atoms with Crippen molar-refractivity contribution in [3.05, 3.63) is 12.0 Å². The maximum atomic E-state index is 5.94. The first-order valence-corrected chi connectivity index (χ1v) is 4.67. The van der Waals surface area contributed by atoms with Crippen molar-refractivity contribution in [2.24, 2.45) is 5.73 Å². The number of aromatic nitrogens is 2. The van der Waals surface area contributed by atoms with Gasteiger partial charge in [-0.2, -0.15) is 0 Å². The number of hydrogen-bond donors (Lipinski definition) is 1. The number of rotatable bonds is 0. The Morgan fingerprint density at radius 1 is 1.62 bits per heavy atom. The van der Waals surface area contributed by atoms with Crippen LogP contribution in [0.3, 0.4) is 0 Å². The molecule has 2 N–H and O–H groups in total. The lowest BCUT2D eigenvalue weighted by Crippen LogP contribution is -2.34. The third-order valence-corrected chi connectivity index (χ3v) is 2.60. The minimum atomic E-state index is 0.282. The van der Waals surface area contributed by atoms with E-state index in [-0.39, 0.29) is 6.04 Å². The summed E-state index contributed by atoms with van der Waals surface area (Å²) >= 11 is 0. The van der Waals surface area contributed by atoms with Gasteiger partial charge in [-0.15, -0.1) is 0 Å². The van der Waals surface area contributed by atoms with E-state index in [4.69, 9.17) is 5.73 Å². The van der Waals surface area contributed by atoms with Gasteiger partial charge >= 0.3 is 0 Å². The Labute approximate surface area is 78.4 Å². The number of nitrogens with zero attached hydrogens (tertiary/aromatic N) is 3. The molecule has 0 aliphatic carbocycles. The highest BCUT2D eigenvalue weighted by atomic mass is 15.3. The van der Waals surface area contributed by atoms with Crippen molar-refractivity contribution in [1.82, 2.24) is 9.55 Å². The summed E-state index contributed by atoms with van der Waals surface area (Å²) in [7, 11) is 2.08. The lowest BCUT2D eigenvalue weighted by Gasteiger charge is -2.19. The van der Waals surface area contributed by atoms with E-state index >= 15 is 0 Å². The molecule has 2 rings (SSSR count). The van der Waals surface area contributed by atoms with Crippen LogP contribution in [-0.2, 0) is 6.54 Å². The minimum Gasteiger partial charge on any atom is -0.358 e. The zero-order valence-electron chi connectivity index (χ0n) is 8.20. The highest BCUT2D eigenvalue weighted by molar-refractivity contribution is 5.44. The zero-order chi connectivity index (χ0) is 9.42. The number of imidazole rings is 1. The van der Waals surface area contributed by atoms with E-state index in [2.05, 4.69) is 21.5 Å². The van der Waals surface area contributed by atoms with Crippen LogP contribution in [0.5, 0.6) is 0 Å². The molecule has 0 aromatic carbocycles. The molecule has 0 amide bonds. The summed E-state index contributed by atoms with van der Waals surface area (Å²) in [5, 5.41) is 0. The Morgan fingerprint density at radius 3 is 3.15 bits per heavy atom. The lowest BCUT2D eigenvalue weighted by atomic mass is 10.2. The molecule has 0 spiro atoms. The fourth-order valence-corrected chi connectivity index (χ4v) is 1.97. The second-order valence-electron chi connectivity index (χ2n) is 3.78. The van der Waals surface area contributed by atoms with Crippen LogP contribution in [0.1, 0.15) is 12.1 Å². The minimum absolute atomic E-state index is 0.282. The number of anilines is 1. The Hall–Kier alpha value is -1.03. The van der Waals surface area contributed by atoms with Crippen LogP contribution in [0.25, 0.3) is 0 Å². The van der Waals surface area contributed by atoms with E-state index < -0.39 is 0 Å². The summed E-state index contributed by atoms with van der Waals surface area (Å²) in [4.78, 5) is 6.49. The third-order valence-electron chi connectivity index (χ3n) is 2.60. The first-order chi connectivity index (χ1) is 6.18. The molecule has 13 heavy (non-hydrogen) atoms. The molecule has 0 fully saturated rings. The van der Waals surface area contributed by atoms with Gasteiger partial charge in [0, 0.05) is 26.2 Å². The van der Waals surface area contributed by atoms with Crippen LogP contribution in [0.15, 0.2) is 6.33 Å². The van der Waals surface area contributed by atoms with Crippen LogP contribution in [0, 0.1) is 6.92 Å². The molecule has 72 valence electrons. The van der Waals surface area contributed by atoms with Gasteiger partial charge in [-0.3, -0.25) is 0 Å². The molecule has 2 heterocycles. The predicted molar refractivity (Wildman–Crippen MR) is 52.8 cm³/mol. The van der Waals surface area contributed by atoms with Crippen molar-refractivity contribution in [3.8, 4) is 0 Å². The van der Waals surface area contributed by atoms with Gasteiger partial charge in [-0.05, 0) is 13.3 Å². The van der Waals surface area contributed by atoms with Gasteiger partial charge in [-0.25, -0.2) is 4.98 Å². The fraction of sp³-hybridized carbons (Fsp3) is 0.667. The first kappa shape index (κ1) is 8.56. The average Bonchev–Trinajstić information content (AvgIpc) is 2.36. The lowest BCUT2D eigenvalue weighted by molar-refractivity contribution is 0.576. The first-order valence-electron chi connectivity index (χ1n) is 4.67. The van der Waals surface area contributed by atoms with Crippen molar-refractivity contribution in [2.45, 2.75) is 25.9 Å². The standard InChI is InChI=1S/C9H16N4/c1-7-9-12(2)5-8(10)3-4-13(9)6-11-7/h6,8H,3-5,10H2,1-2H3. The molecule has 1 aromatic rings. The van der Waals surface area contributed by atoms with Crippen LogP contribution in [0.4, 0.5) is 5.82 Å². The Morgan fingerprint density at radius 2 is 2.38 bits per heavy atom. The molecule has 1 aliphatic heterocycles. The highest BCUT2D eigenvalue weighted by Crippen LogP contribution is 2.21. The SMILES string of the molecule is Cc1ncn2c1N(C)CC(N)CC2. The van der Waals surface area contributed by atoms with Crippen molar-refractivity contribution >= 4 is 5.82 Å². The van der Waals surface area contributed by atoms with Gasteiger partial charge < -0.3 is 15.2 Å². The topological polar surface area (TPSA) is 47.1 Å². The molecule has 4 heteroatoms. The summed E-state index contributed by atoms with van der Waals surface area (Å²) in [5.41, 5.74) is 7.03. The summed E-state index contributed by atoms with van der Waals surface area (Å²) < 4.78 is 2.18. The van der Waals surface area contributed by atoms with Gasteiger partial charge in [0.1, 0.15) is 5.82 Å². The maximum absolute atomic E-state index is 5.94. The molecular weight excluding hydrogens is 164 g/mol. The largest absolute Gasteiger partial charge is 0.358 e. The van der Waals surface area contributed by atoms with Crippen molar-refractivity contribution in [3.63, 3.8) is 0 Å². The summed E-state index contributed by atoms with van der Waals surface area (Å²) in [5.74, 6) is 1.22. The maximum Gasteiger partial charge on any atom is 0.131 e. The molecular formula is C9H16N4. The Kier molecular flexibility index (Phi) is 2.00. The van der Waals surface area contributed by atoms with Crippen molar-refractivity contribution in [2.75, 3.05) is 18.5 Å². The molecule has 1 aliphatic rings. The molecule has 0 bridgehead atoms. The number of likely N-dealkylation sites (N-methyl/N-ethyl adjacent to an activating group) is 1. The summed E-state index contributed by atoms with van der Waals surface area (Å²) in [6.07, 6.45) is 2.94. The molecule has 4 nitrogen and oxygen atoms in total.